The van der Waals surface area contributed by atoms with Gasteiger partial charge < -0.3 is 19.7 Å². The van der Waals surface area contributed by atoms with Crippen molar-refractivity contribution in [3.05, 3.63) is 45.9 Å². The number of urea groups is 1. The zero-order valence-corrected chi connectivity index (χ0v) is 15.0. The van der Waals surface area contributed by atoms with Gasteiger partial charge in [0, 0.05) is 29.9 Å². The van der Waals surface area contributed by atoms with E-state index in [0.717, 1.165) is 0 Å². The van der Waals surface area contributed by atoms with E-state index in [9.17, 15) is 14.0 Å². The first-order valence-corrected chi connectivity index (χ1v) is 8.20. The number of rotatable bonds is 6. The Balaban J connectivity index is 2.39. The lowest BCUT2D eigenvalue weighted by Gasteiger charge is -2.33. The second-order valence-electron chi connectivity index (χ2n) is 5.41. The fraction of sp³-hybridized carbons (Fsp3) is 0.412. The van der Waals surface area contributed by atoms with Gasteiger partial charge >= 0.3 is 12.0 Å². The van der Waals surface area contributed by atoms with E-state index in [-0.39, 0.29) is 29.4 Å². The van der Waals surface area contributed by atoms with Crippen LogP contribution in [0.4, 0.5) is 9.18 Å². The minimum absolute atomic E-state index is 0.0294. The quantitative estimate of drug-likeness (QED) is 0.617. The highest BCUT2D eigenvalue weighted by molar-refractivity contribution is 6.31. The van der Waals surface area contributed by atoms with Gasteiger partial charge in [-0.2, -0.15) is 0 Å². The molecule has 0 saturated heterocycles. The second kappa shape index (κ2) is 8.31. The number of carbonyl (C=O) groups excluding carboxylic acids is 2. The summed E-state index contributed by atoms with van der Waals surface area (Å²) in [6.07, 6.45) is 0. The molecule has 0 unspecified atom stereocenters. The smallest absolute Gasteiger partial charge is 0.338 e. The number of carbonyl (C=O) groups is 2. The molecule has 1 heterocycles. The van der Waals surface area contributed by atoms with Crippen molar-refractivity contribution >= 4 is 23.6 Å². The highest BCUT2D eigenvalue weighted by atomic mass is 35.5. The fourth-order valence-corrected chi connectivity index (χ4v) is 2.79. The van der Waals surface area contributed by atoms with Crippen LogP contribution in [0, 0.1) is 5.82 Å². The molecule has 1 aliphatic heterocycles. The third kappa shape index (κ3) is 4.11. The highest BCUT2D eigenvalue weighted by Crippen LogP contribution is 2.35. The molecule has 136 valence electrons. The summed E-state index contributed by atoms with van der Waals surface area (Å²) in [6.45, 7) is 4.24. The molecule has 1 N–H and O–H groups in total. The highest BCUT2D eigenvalue weighted by Gasteiger charge is 2.37. The van der Waals surface area contributed by atoms with Gasteiger partial charge in [-0.1, -0.05) is 17.7 Å². The number of hydrogen-bond acceptors (Lipinski definition) is 4. The number of halogens is 2. The van der Waals surface area contributed by atoms with Crippen LogP contribution in [0.1, 0.15) is 25.5 Å². The molecule has 8 heteroatoms. The zero-order chi connectivity index (χ0) is 18.6. The van der Waals surface area contributed by atoms with Crippen molar-refractivity contribution in [1.82, 2.24) is 10.2 Å². The van der Waals surface area contributed by atoms with Crippen LogP contribution in [0.3, 0.4) is 0 Å². The average Bonchev–Trinajstić information content (AvgIpc) is 2.56. The molecular weight excluding hydrogens is 351 g/mol. The number of benzene rings is 1. The van der Waals surface area contributed by atoms with Crippen molar-refractivity contribution in [3.8, 4) is 0 Å². The molecule has 0 fully saturated rings. The molecule has 1 atom stereocenters. The van der Waals surface area contributed by atoms with Gasteiger partial charge in [0.05, 0.1) is 18.2 Å². The molecule has 6 nitrogen and oxygen atoms in total. The Morgan fingerprint density at radius 1 is 1.40 bits per heavy atom. The van der Waals surface area contributed by atoms with Crippen molar-refractivity contribution in [1.29, 1.82) is 0 Å². The average molecular weight is 371 g/mol. The first-order valence-electron chi connectivity index (χ1n) is 7.82. The van der Waals surface area contributed by atoms with Crippen LogP contribution < -0.4 is 5.32 Å². The Kier molecular flexibility index (Phi) is 6.39. The van der Waals surface area contributed by atoms with E-state index in [1.165, 1.54) is 30.1 Å². The van der Waals surface area contributed by atoms with Crippen molar-refractivity contribution in [3.63, 3.8) is 0 Å². The number of nitrogens with one attached hydrogen (secondary N) is 1. The maximum Gasteiger partial charge on any atom is 0.338 e. The van der Waals surface area contributed by atoms with Crippen LogP contribution in [0.2, 0.25) is 5.02 Å². The van der Waals surface area contributed by atoms with Gasteiger partial charge in [-0.3, -0.25) is 0 Å². The van der Waals surface area contributed by atoms with Crippen LogP contribution in [-0.4, -0.2) is 43.8 Å². The van der Waals surface area contributed by atoms with Crippen LogP contribution in [0.5, 0.6) is 0 Å². The second-order valence-corrected chi connectivity index (χ2v) is 5.82. The monoisotopic (exact) mass is 370 g/mol. The lowest BCUT2D eigenvalue weighted by atomic mass is 9.94. The summed E-state index contributed by atoms with van der Waals surface area (Å²) in [5, 5.41) is 2.71. The van der Waals surface area contributed by atoms with Crippen LogP contribution >= 0.6 is 11.6 Å². The maximum absolute atomic E-state index is 14.3. The number of esters is 1. The molecule has 0 aromatic heterocycles. The molecule has 0 saturated carbocycles. The number of hydrogen-bond donors (Lipinski definition) is 1. The SMILES string of the molecule is CCOCCOC(=O)C1=C(C)N(C)C(=O)N[C@@H]1c1c(F)cccc1Cl. The largest absolute Gasteiger partial charge is 0.460 e. The van der Waals surface area contributed by atoms with Crippen LogP contribution in [0.25, 0.3) is 0 Å². The predicted octanol–water partition coefficient (Wildman–Crippen LogP) is 3.03. The standard InChI is InChI=1S/C17H20ClFN2O4/c1-4-24-8-9-25-16(22)13-10(2)21(3)17(23)20-15(13)14-11(18)6-5-7-12(14)19/h5-7,15H,4,8-9H2,1-3H3,(H,20,23)/t15-/m0/s1. The summed E-state index contributed by atoms with van der Waals surface area (Å²) in [4.78, 5) is 25.9. The van der Waals surface area contributed by atoms with E-state index in [0.29, 0.717) is 12.3 Å². The Bertz CT molecular complexity index is 688. The summed E-state index contributed by atoms with van der Waals surface area (Å²) < 4.78 is 24.7. The molecule has 2 rings (SSSR count). The van der Waals surface area contributed by atoms with E-state index in [1.54, 1.807) is 6.92 Å². The van der Waals surface area contributed by atoms with Gasteiger partial charge in [0.2, 0.25) is 0 Å². The van der Waals surface area contributed by atoms with Crippen molar-refractivity contribution in [2.24, 2.45) is 0 Å². The van der Waals surface area contributed by atoms with Gasteiger partial charge in [-0.05, 0) is 26.0 Å². The number of allylic oxidation sites excluding steroid dienone is 1. The fourth-order valence-electron chi connectivity index (χ4n) is 2.52. The summed E-state index contributed by atoms with van der Waals surface area (Å²) in [5.74, 6) is -1.27. The number of amides is 2. The number of nitrogens with zero attached hydrogens (tertiary/aromatic N) is 1. The molecule has 0 bridgehead atoms. The van der Waals surface area contributed by atoms with E-state index >= 15 is 0 Å². The maximum atomic E-state index is 14.3. The molecule has 0 radical (unpaired) electrons. The first-order chi connectivity index (χ1) is 11.9. The Morgan fingerprint density at radius 3 is 2.76 bits per heavy atom. The third-order valence-corrected chi connectivity index (χ3v) is 4.26. The van der Waals surface area contributed by atoms with Gasteiger partial charge in [0.15, 0.2) is 0 Å². The van der Waals surface area contributed by atoms with Crippen molar-refractivity contribution < 1.29 is 23.5 Å². The lowest BCUT2D eigenvalue weighted by Crippen LogP contribution is -2.46. The number of ether oxygens (including phenoxy) is 2. The van der Waals surface area contributed by atoms with Crippen LogP contribution in [0.15, 0.2) is 29.5 Å². The molecule has 2 amide bonds. The molecule has 1 aliphatic rings. The van der Waals surface area contributed by atoms with E-state index in [1.807, 2.05) is 6.92 Å². The van der Waals surface area contributed by atoms with Gasteiger partial charge in [-0.15, -0.1) is 0 Å². The summed E-state index contributed by atoms with van der Waals surface area (Å²) in [6, 6.07) is 2.68. The molecular formula is C17H20ClFN2O4. The minimum atomic E-state index is -1.03. The summed E-state index contributed by atoms with van der Waals surface area (Å²) in [7, 11) is 1.51. The van der Waals surface area contributed by atoms with Crippen molar-refractivity contribution in [2.45, 2.75) is 19.9 Å². The molecule has 25 heavy (non-hydrogen) atoms. The van der Waals surface area contributed by atoms with E-state index < -0.39 is 23.9 Å². The Labute approximate surface area is 150 Å². The molecule has 0 spiro atoms. The van der Waals surface area contributed by atoms with Gasteiger partial charge in [0.25, 0.3) is 0 Å². The normalized spacial score (nSPS) is 17.6. The summed E-state index contributed by atoms with van der Waals surface area (Å²) in [5.41, 5.74) is 0.529. The summed E-state index contributed by atoms with van der Waals surface area (Å²) >= 11 is 6.11. The Hall–Kier alpha value is -2.12. The minimum Gasteiger partial charge on any atom is -0.460 e. The zero-order valence-electron chi connectivity index (χ0n) is 14.3. The van der Waals surface area contributed by atoms with E-state index in [4.69, 9.17) is 21.1 Å². The lowest BCUT2D eigenvalue weighted by molar-refractivity contribution is -0.141. The molecule has 1 aromatic carbocycles. The van der Waals surface area contributed by atoms with Crippen LogP contribution in [-0.2, 0) is 14.3 Å². The topological polar surface area (TPSA) is 67.9 Å². The predicted molar refractivity (Wildman–Crippen MR) is 90.6 cm³/mol. The third-order valence-electron chi connectivity index (χ3n) is 3.93. The first kappa shape index (κ1) is 19.2. The van der Waals surface area contributed by atoms with Crippen molar-refractivity contribution in [2.75, 3.05) is 26.9 Å². The van der Waals surface area contributed by atoms with E-state index in [2.05, 4.69) is 5.32 Å². The molecule has 0 aliphatic carbocycles. The Morgan fingerprint density at radius 2 is 2.12 bits per heavy atom. The van der Waals surface area contributed by atoms with Gasteiger partial charge in [-0.25, -0.2) is 14.0 Å². The van der Waals surface area contributed by atoms with Gasteiger partial charge in [0.1, 0.15) is 12.4 Å². The molecule has 1 aromatic rings.